The van der Waals surface area contributed by atoms with Crippen molar-refractivity contribution in [2.24, 2.45) is 5.92 Å². The van der Waals surface area contributed by atoms with Crippen LogP contribution in [0.15, 0.2) is 32.3 Å². The molecule has 7 nitrogen and oxygen atoms in total. The lowest BCUT2D eigenvalue weighted by Gasteiger charge is -2.32. The molecule has 1 amide bonds. The molecule has 1 aliphatic rings. The number of rotatable bonds is 5. The van der Waals surface area contributed by atoms with Gasteiger partial charge in [0.2, 0.25) is 5.91 Å². The predicted octanol–water partition coefficient (Wildman–Crippen LogP) is 2.10. The predicted molar refractivity (Wildman–Crippen MR) is 93.5 cm³/mol. The summed E-state index contributed by atoms with van der Waals surface area (Å²) in [5.41, 5.74) is 0.687. The lowest BCUT2D eigenvalue weighted by Crippen LogP contribution is -2.45. The summed E-state index contributed by atoms with van der Waals surface area (Å²) in [7, 11) is -1.81. The molecule has 0 radical (unpaired) electrons. The fraction of sp³-hybridized carbons (Fsp3) is 0.500. The van der Waals surface area contributed by atoms with Crippen LogP contribution in [0.3, 0.4) is 0 Å². The van der Waals surface area contributed by atoms with Crippen LogP contribution in [-0.2, 0) is 21.4 Å². The van der Waals surface area contributed by atoms with Crippen molar-refractivity contribution in [1.82, 2.24) is 14.4 Å². The second-order valence-corrected chi connectivity index (χ2v) is 9.37. The molecule has 3 rings (SSSR count). The molecular weight excluding hydrogens is 362 g/mol. The Bertz CT molecular complexity index is 829. The van der Waals surface area contributed by atoms with Crippen molar-refractivity contribution >= 4 is 27.3 Å². The highest BCUT2D eigenvalue weighted by Gasteiger charge is 2.34. The number of thiophene rings is 1. The normalized spacial score (nSPS) is 19.0. The van der Waals surface area contributed by atoms with Crippen LogP contribution in [0.5, 0.6) is 0 Å². The molecule has 136 valence electrons. The average molecular weight is 383 g/mol. The number of carbonyl (C=O) groups excluding carboxylic acids is 1. The van der Waals surface area contributed by atoms with Crippen LogP contribution in [0.4, 0.5) is 0 Å². The van der Waals surface area contributed by atoms with E-state index in [-0.39, 0.29) is 18.4 Å². The van der Waals surface area contributed by atoms with Gasteiger partial charge in [-0.2, -0.15) is 4.31 Å². The zero-order valence-electron chi connectivity index (χ0n) is 14.2. The van der Waals surface area contributed by atoms with Crippen molar-refractivity contribution in [2.45, 2.75) is 30.5 Å². The fourth-order valence-electron chi connectivity index (χ4n) is 3.02. The number of hydrogen-bond donors (Lipinski definition) is 0. The molecule has 2 aromatic heterocycles. The smallest absolute Gasteiger partial charge is 0.252 e. The molecule has 25 heavy (non-hydrogen) atoms. The molecule has 9 heteroatoms. The molecule has 1 fully saturated rings. The second-order valence-electron chi connectivity index (χ2n) is 6.26. The number of nitrogens with zero attached hydrogens (tertiary/aromatic N) is 3. The van der Waals surface area contributed by atoms with Crippen molar-refractivity contribution in [1.29, 1.82) is 0 Å². The number of aromatic nitrogens is 1. The first-order valence-corrected chi connectivity index (χ1v) is 10.4. The van der Waals surface area contributed by atoms with Crippen molar-refractivity contribution in [3.05, 3.63) is 35.0 Å². The molecule has 1 saturated heterocycles. The summed E-state index contributed by atoms with van der Waals surface area (Å²) in [5, 5.41) is 5.64. The van der Waals surface area contributed by atoms with Crippen LogP contribution in [-0.4, -0.2) is 48.8 Å². The molecule has 2 aromatic rings. The van der Waals surface area contributed by atoms with E-state index in [2.05, 4.69) is 5.16 Å². The quantitative estimate of drug-likeness (QED) is 0.789. The van der Waals surface area contributed by atoms with Crippen LogP contribution in [0.1, 0.15) is 24.3 Å². The number of amides is 1. The highest BCUT2D eigenvalue weighted by Crippen LogP contribution is 2.27. The Morgan fingerprint density at radius 2 is 2.32 bits per heavy atom. The maximum Gasteiger partial charge on any atom is 0.252 e. The van der Waals surface area contributed by atoms with Crippen molar-refractivity contribution < 1.29 is 17.7 Å². The Morgan fingerprint density at radius 3 is 2.96 bits per heavy atom. The SMILES string of the molecule is Cc1cc(CN(C)C(=O)C2CCCN(S(=O)(=O)c3cccs3)C2)no1. The Hall–Kier alpha value is -1.71. The van der Waals surface area contributed by atoms with E-state index < -0.39 is 10.0 Å². The molecule has 0 aromatic carbocycles. The lowest BCUT2D eigenvalue weighted by molar-refractivity contribution is -0.135. The molecule has 3 heterocycles. The summed E-state index contributed by atoms with van der Waals surface area (Å²) >= 11 is 1.20. The number of sulfonamides is 1. The van der Waals surface area contributed by atoms with Crippen LogP contribution in [0.2, 0.25) is 0 Å². The van der Waals surface area contributed by atoms with Gasteiger partial charge in [0.1, 0.15) is 15.7 Å². The van der Waals surface area contributed by atoms with Gasteiger partial charge in [-0.25, -0.2) is 8.42 Å². The van der Waals surface area contributed by atoms with Crippen LogP contribution >= 0.6 is 11.3 Å². The fourth-order valence-corrected chi connectivity index (χ4v) is 5.69. The Labute approximate surface area is 151 Å². The van der Waals surface area contributed by atoms with E-state index in [1.165, 1.54) is 15.6 Å². The summed E-state index contributed by atoms with van der Waals surface area (Å²) in [6, 6.07) is 5.11. The monoisotopic (exact) mass is 383 g/mol. The molecule has 0 bridgehead atoms. The molecular formula is C16H21N3O4S2. The van der Waals surface area contributed by atoms with Gasteiger partial charge >= 0.3 is 0 Å². The number of aryl methyl sites for hydroxylation is 1. The van der Waals surface area contributed by atoms with E-state index >= 15 is 0 Å². The lowest BCUT2D eigenvalue weighted by atomic mass is 9.98. The first-order valence-electron chi connectivity index (χ1n) is 8.09. The molecule has 1 atom stereocenters. The van der Waals surface area contributed by atoms with Gasteiger partial charge in [-0.1, -0.05) is 11.2 Å². The van der Waals surface area contributed by atoms with Crippen molar-refractivity contribution in [3.63, 3.8) is 0 Å². The van der Waals surface area contributed by atoms with Crippen molar-refractivity contribution in [2.75, 3.05) is 20.1 Å². The Balaban J connectivity index is 1.67. The molecule has 1 aliphatic heterocycles. The minimum atomic E-state index is -3.51. The van der Waals surface area contributed by atoms with Gasteiger partial charge < -0.3 is 9.42 Å². The van der Waals surface area contributed by atoms with Gasteiger partial charge in [0, 0.05) is 26.2 Å². The third-order valence-corrected chi connectivity index (χ3v) is 7.51. The number of carbonyl (C=O) groups is 1. The van der Waals surface area contributed by atoms with Gasteiger partial charge in [-0.05, 0) is 31.2 Å². The summed E-state index contributed by atoms with van der Waals surface area (Å²) in [4.78, 5) is 14.3. The summed E-state index contributed by atoms with van der Waals surface area (Å²) in [6.45, 7) is 2.83. The molecule has 0 N–H and O–H groups in total. The van der Waals surface area contributed by atoms with Gasteiger partial charge in [-0.15, -0.1) is 11.3 Å². The van der Waals surface area contributed by atoms with Gasteiger partial charge in [0.15, 0.2) is 0 Å². The van der Waals surface area contributed by atoms with E-state index in [1.54, 1.807) is 42.5 Å². The molecule has 1 unspecified atom stereocenters. The maximum atomic E-state index is 12.7. The van der Waals surface area contributed by atoms with Gasteiger partial charge in [-0.3, -0.25) is 4.79 Å². The highest BCUT2D eigenvalue weighted by molar-refractivity contribution is 7.91. The van der Waals surface area contributed by atoms with Crippen LogP contribution in [0.25, 0.3) is 0 Å². The second kappa shape index (κ2) is 7.27. The zero-order chi connectivity index (χ0) is 18.0. The molecule has 0 spiro atoms. The van der Waals surface area contributed by atoms with Gasteiger partial charge in [0.25, 0.3) is 10.0 Å². The highest BCUT2D eigenvalue weighted by atomic mass is 32.2. The first kappa shape index (κ1) is 18.1. The zero-order valence-corrected chi connectivity index (χ0v) is 15.8. The largest absolute Gasteiger partial charge is 0.361 e. The van der Waals surface area contributed by atoms with Crippen LogP contribution < -0.4 is 0 Å². The van der Waals surface area contributed by atoms with Gasteiger partial charge in [0.05, 0.1) is 12.5 Å². The molecule has 0 aliphatic carbocycles. The Kier molecular flexibility index (Phi) is 5.26. The third kappa shape index (κ3) is 3.94. The average Bonchev–Trinajstić information content (AvgIpc) is 3.26. The Morgan fingerprint density at radius 1 is 1.52 bits per heavy atom. The number of piperidine rings is 1. The van der Waals surface area contributed by atoms with E-state index in [1.807, 2.05) is 0 Å². The van der Waals surface area contributed by atoms with E-state index in [9.17, 15) is 13.2 Å². The standard InChI is InChI=1S/C16H21N3O4S2/c1-12-9-14(17-23-12)11-18(2)16(20)13-5-3-7-19(10-13)25(21,22)15-6-4-8-24-15/h4,6,8-9,13H,3,5,7,10-11H2,1-2H3. The van der Waals surface area contributed by atoms with E-state index in [0.717, 1.165) is 0 Å². The summed E-state index contributed by atoms with van der Waals surface area (Å²) in [6.07, 6.45) is 1.37. The molecule has 0 saturated carbocycles. The topological polar surface area (TPSA) is 83.7 Å². The van der Waals surface area contributed by atoms with E-state index in [4.69, 9.17) is 4.52 Å². The minimum Gasteiger partial charge on any atom is -0.361 e. The summed E-state index contributed by atoms with van der Waals surface area (Å²) in [5.74, 6) is 0.301. The maximum absolute atomic E-state index is 12.7. The summed E-state index contributed by atoms with van der Waals surface area (Å²) < 4.78 is 32.1. The van der Waals surface area contributed by atoms with E-state index in [0.29, 0.717) is 41.6 Å². The van der Waals surface area contributed by atoms with Crippen LogP contribution in [0, 0.1) is 12.8 Å². The third-order valence-electron chi connectivity index (χ3n) is 4.27. The first-order chi connectivity index (χ1) is 11.9. The minimum absolute atomic E-state index is 0.0632. The number of hydrogen-bond acceptors (Lipinski definition) is 6. The van der Waals surface area contributed by atoms with Crippen molar-refractivity contribution in [3.8, 4) is 0 Å².